The van der Waals surface area contributed by atoms with Gasteiger partial charge in [0.15, 0.2) is 0 Å². The number of aryl methyl sites for hydroxylation is 1. The topological polar surface area (TPSA) is 47.5 Å². The van der Waals surface area contributed by atoms with E-state index in [2.05, 4.69) is 51.4 Å². The third-order valence-corrected chi connectivity index (χ3v) is 5.03. The van der Waals surface area contributed by atoms with Gasteiger partial charge in [-0.2, -0.15) is 0 Å². The number of nitrogens with zero attached hydrogens (tertiary/aromatic N) is 3. The lowest BCUT2D eigenvalue weighted by molar-refractivity contribution is 0.190. The molecule has 6 heteroatoms. The van der Waals surface area contributed by atoms with Gasteiger partial charge in [-0.1, -0.05) is 29.8 Å². The highest BCUT2D eigenvalue weighted by molar-refractivity contribution is 7.17. The number of fused-ring (bicyclic) bond motifs is 1. The molecule has 0 unspecified atom stereocenters. The molecule has 0 atom stereocenters. The minimum atomic E-state index is 0.638. The van der Waals surface area contributed by atoms with E-state index >= 15 is 0 Å². The number of thiophene rings is 1. The zero-order valence-electron chi connectivity index (χ0n) is 14.9. The molecule has 3 rings (SSSR count). The minimum Gasteiger partial charge on any atom is -0.383 e. The van der Waals surface area contributed by atoms with Crippen LogP contribution < -0.4 is 4.90 Å². The summed E-state index contributed by atoms with van der Waals surface area (Å²) in [6, 6.07) is 8.58. The van der Waals surface area contributed by atoms with Crippen LogP contribution in [0.1, 0.15) is 5.56 Å². The van der Waals surface area contributed by atoms with Gasteiger partial charge in [0.25, 0.3) is 0 Å². The first-order valence-electron chi connectivity index (χ1n) is 8.26. The fraction of sp³-hybridized carbons (Fsp3) is 0.368. The van der Waals surface area contributed by atoms with Crippen molar-refractivity contribution in [3.05, 3.63) is 41.5 Å². The van der Waals surface area contributed by atoms with E-state index in [4.69, 9.17) is 9.47 Å². The Labute approximate surface area is 152 Å². The van der Waals surface area contributed by atoms with E-state index in [1.54, 1.807) is 31.9 Å². The van der Waals surface area contributed by atoms with E-state index in [9.17, 15) is 0 Å². The van der Waals surface area contributed by atoms with E-state index in [1.165, 1.54) is 16.7 Å². The largest absolute Gasteiger partial charge is 0.383 e. The Hall–Kier alpha value is -2.02. The van der Waals surface area contributed by atoms with E-state index in [-0.39, 0.29) is 0 Å². The minimum absolute atomic E-state index is 0.638. The van der Waals surface area contributed by atoms with Crippen LogP contribution in [0.2, 0.25) is 0 Å². The van der Waals surface area contributed by atoms with Crippen LogP contribution >= 0.6 is 11.3 Å². The summed E-state index contributed by atoms with van der Waals surface area (Å²) in [6.45, 7) is 4.89. The van der Waals surface area contributed by atoms with Crippen molar-refractivity contribution in [2.75, 3.05) is 45.4 Å². The van der Waals surface area contributed by atoms with Crippen molar-refractivity contribution in [3.8, 4) is 11.1 Å². The molecule has 0 saturated carbocycles. The molecule has 0 aliphatic heterocycles. The first kappa shape index (κ1) is 17.8. The molecule has 0 radical (unpaired) electrons. The first-order chi connectivity index (χ1) is 12.2. The van der Waals surface area contributed by atoms with Gasteiger partial charge >= 0.3 is 0 Å². The number of rotatable bonds is 8. The predicted molar refractivity (Wildman–Crippen MR) is 104 cm³/mol. The van der Waals surface area contributed by atoms with Gasteiger partial charge in [-0.3, -0.25) is 0 Å². The van der Waals surface area contributed by atoms with Gasteiger partial charge in [-0.05, 0) is 12.5 Å². The summed E-state index contributed by atoms with van der Waals surface area (Å²) in [4.78, 5) is 12.3. The van der Waals surface area contributed by atoms with Crippen LogP contribution in [0.15, 0.2) is 36.0 Å². The number of hydrogen-bond donors (Lipinski definition) is 0. The van der Waals surface area contributed by atoms with Gasteiger partial charge in [0, 0.05) is 38.3 Å². The lowest BCUT2D eigenvalue weighted by Crippen LogP contribution is -2.31. The van der Waals surface area contributed by atoms with Crippen LogP contribution in [-0.2, 0) is 9.47 Å². The molecule has 2 heterocycles. The van der Waals surface area contributed by atoms with Crippen LogP contribution in [-0.4, -0.2) is 50.5 Å². The number of ether oxygens (including phenoxy) is 2. The van der Waals surface area contributed by atoms with Crippen molar-refractivity contribution in [2.24, 2.45) is 0 Å². The normalized spacial score (nSPS) is 11.2. The Kier molecular flexibility index (Phi) is 5.96. The van der Waals surface area contributed by atoms with Crippen LogP contribution in [0.3, 0.4) is 0 Å². The molecule has 0 aliphatic rings. The molecule has 2 aromatic heterocycles. The van der Waals surface area contributed by atoms with Crippen molar-refractivity contribution in [2.45, 2.75) is 6.92 Å². The van der Waals surface area contributed by atoms with Crippen LogP contribution in [0.25, 0.3) is 21.3 Å². The van der Waals surface area contributed by atoms with Crippen molar-refractivity contribution in [1.29, 1.82) is 0 Å². The molecule has 0 N–H and O–H groups in total. The second-order valence-corrected chi connectivity index (χ2v) is 6.72. The van der Waals surface area contributed by atoms with Crippen molar-refractivity contribution >= 4 is 27.4 Å². The van der Waals surface area contributed by atoms with Gasteiger partial charge in [0.2, 0.25) is 0 Å². The second-order valence-electron chi connectivity index (χ2n) is 5.87. The Balaban J connectivity index is 2.07. The highest BCUT2D eigenvalue weighted by atomic mass is 32.1. The second kappa shape index (κ2) is 8.38. The predicted octanol–water partition coefficient (Wildman–Crippen LogP) is 3.77. The molecule has 0 bridgehead atoms. The summed E-state index contributed by atoms with van der Waals surface area (Å²) >= 11 is 1.65. The summed E-state index contributed by atoms with van der Waals surface area (Å²) < 4.78 is 10.5. The Morgan fingerprint density at radius 2 is 1.68 bits per heavy atom. The first-order valence-corrected chi connectivity index (χ1v) is 9.14. The molecule has 25 heavy (non-hydrogen) atoms. The molecule has 0 spiro atoms. The number of aromatic nitrogens is 2. The molecule has 1 aromatic carbocycles. The van der Waals surface area contributed by atoms with E-state index in [0.29, 0.717) is 13.2 Å². The molecular formula is C19H23N3O2S. The van der Waals surface area contributed by atoms with Crippen molar-refractivity contribution in [3.63, 3.8) is 0 Å². The van der Waals surface area contributed by atoms with E-state index in [0.717, 1.165) is 29.1 Å². The lowest BCUT2D eigenvalue weighted by atomic mass is 10.0. The third kappa shape index (κ3) is 3.98. The summed E-state index contributed by atoms with van der Waals surface area (Å²) in [5.41, 5.74) is 3.61. The molecule has 132 valence electrons. The van der Waals surface area contributed by atoms with Gasteiger partial charge in [0.1, 0.15) is 17.0 Å². The van der Waals surface area contributed by atoms with Crippen LogP contribution in [0.5, 0.6) is 0 Å². The number of hydrogen-bond acceptors (Lipinski definition) is 6. The number of methoxy groups -OCH3 is 2. The Morgan fingerprint density at radius 3 is 2.32 bits per heavy atom. The molecule has 0 amide bonds. The molecule has 0 saturated heterocycles. The van der Waals surface area contributed by atoms with Gasteiger partial charge in [-0.15, -0.1) is 11.3 Å². The SMILES string of the molecule is COCCN(CCOC)c1ncnc2scc(-c3ccc(C)cc3)c12. The molecular weight excluding hydrogens is 334 g/mol. The molecule has 0 fully saturated rings. The highest BCUT2D eigenvalue weighted by Gasteiger charge is 2.17. The van der Waals surface area contributed by atoms with Crippen LogP contribution in [0, 0.1) is 6.92 Å². The zero-order valence-corrected chi connectivity index (χ0v) is 15.7. The quantitative estimate of drug-likeness (QED) is 0.614. The fourth-order valence-electron chi connectivity index (χ4n) is 2.77. The molecule has 0 aliphatic carbocycles. The van der Waals surface area contributed by atoms with Crippen molar-refractivity contribution < 1.29 is 9.47 Å². The summed E-state index contributed by atoms with van der Waals surface area (Å²) in [5.74, 6) is 0.941. The highest BCUT2D eigenvalue weighted by Crippen LogP contribution is 2.37. The summed E-state index contributed by atoms with van der Waals surface area (Å²) in [7, 11) is 3.43. The summed E-state index contributed by atoms with van der Waals surface area (Å²) in [6.07, 6.45) is 1.64. The van der Waals surface area contributed by atoms with E-state index in [1.807, 2.05) is 0 Å². The standard InChI is InChI=1S/C19H23N3O2S/c1-14-4-6-15(7-5-14)16-12-25-19-17(16)18(20-13-21-19)22(8-10-23-2)9-11-24-3/h4-7,12-13H,8-11H2,1-3H3. The van der Waals surface area contributed by atoms with Gasteiger partial charge in [-0.25, -0.2) is 9.97 Å². The zero-order chi connectivity index (χ0) is 17.6. The van der Waals surface area contributed by atoms with Crippen molar-refractivity contribution in [1.82, 2.24) is 9.97 Å². The maximum absolute atomic E-state index is 5.27. The number of anilines is 1. The third-order valence-electron chi connectivity index (χ3n) is 4.14. The lowest BCUT2D eigenvalue weighted by Gasteiger charge is -2.24. The molecule has 3 aromatic rings. The average Bonchev–Trinajstić information content (AvgIpc) is 3.07. The van der Waals surface area contributed by atoms with Gasteiger partial charge < -0.3 is 14.4 Å². The summed E-state index contributed by atoms with van der Waals surface area (Å²) in [5, 5.41) is 3.27. The average molecular weight is 357 g/mol. The number of benzene rings is 1. The maximum atomic E-state index is 5.27. The fourth-order valence-corrected chi connectivity index (χ4v) is 3.68. The maximum Gasteiger partial charge on any atom is 0.141 e. The molecule has 5 nitrogen and oxygen atoms in total. The monoisotopic (exact) mass is 357 g/mol. The van der Waals surface area contributed by atoms with Crippen LogP contribution in [0.4, 0.5) is 5.82 Å². The smallest absolute Gasteiger partial charge is 0.141 e. The Morgan fingerprint density at radius 1 is 1.00 bits per heavy atom. The van der Waals surface area contributed by atoms with Gasteiger partial charge in [0.05, 0.1) is 18.6 Å². The Bertz CT molecular complexity index is 809. The van der Waals surface area contributed by atoms with E-state index < -0.39 is 0 Å².